The minimum atomic E-state index is -3.71. The molecule has 0 saturated carbocycles. The first kappa shape index (κ1) is 23.3. The monoisotopic (exact) mass is 512 g/mol. The third-order valence-corrected chi connectivity index (χ3v) is 8.87. The summed E-state index contributed by atoms with van der Waals surface area (Å²) >= 11 is 3.27. The van der Waals surface area contributed by atoms with Crippen molar-refractivity contribution in [2.24, 2.45) is 10.7 Å². The highest BCUT2D eigenvalue weighted by Crippen LogP contribution is 2.39. The van der Waals surface area contributed by atoms with Crippen molar-refractivity contribution in [1.29, 1.82) is 0 Å². The number of hydrogen-bond acceptors (Lipinski definition) is 8. The Kier molecular flexibility index (Phi) is 5.96. The lowest BCUT2D eigenvalue weighted by molar-refractivity contribution is 0.0987. The van der Waals surface area contributed by atoms with E-state index in [4.69, 9.17) is 10.5 Å². The highest BCUT2D eigenvalue weighted by Gasteiger charge is 2.49. The lowest BCUT2D eigenvalue weighted by atomic mass is 9.90. The van der Waals surface area contributed by atoms with E-state index in [1.54, 1.807) is 0 Å². The molecule has 1 aromatic heterocycles. The van der Waals surface area contributed by atoms with Crippen LogP contribution in [-0.2, 0) is 21.8 Å². The number of amidine groups is 1. The van der Waals surface area contributed by atoms with Crippen molar-refractivity contribution in [1.82, 2.24) is 9.97 Å². The number of benzene rings is 1. The first-order valence-corrected chi connectivity index (χ1v) is 11.7. The van der Waals surface area contributed by atoms with Gasteiger partial charge in [0.25, 0.3) is 0 Å². The average molecular weight is 513 g/mol. The van der Waals surface area contributed by atoms with Crippen LogP contribution in [0.2, 0.25) is 0 Å². The lowest BCUT2D eigenvalue weighted by Crippen LogP contribution is -2.55. The summed E-state index contributed by atoms with van der Waals surface area (Å²) in [6.45, 7) is 4.46. The molecular formula is C20H22BrFN4O4S. The maximum absolute atomic E-state index is 14.9. The van der Waals surface area contributed by atoms with Crippen molar-refractivity contribution >= 4 is 37.4 Å². The molecule has 1 aromatic carbocycles. The zero-order valence-corrected chi connectivity index (χ0v) is 19.8. The largest absolute Gasteiger partial charge is 0.480 e. The van der Waals surface area contributed by atoms with Crippen molar-refractivity contribution in [3.63, 3.8) is 0 Å². The van der Waals surface area contributed by atoms with Crippen LogP contribution in [0.1, 0.15) is 42.4 Å². The number of nitrogens with two attached hydrogens (primary N) is 1. The summed E-state index contributed by atoms with van der Waals surface area (Å²) in [5.41, 5.74) is 5.15. The van der Waals surface area contributed by atoms with Gasteiger partial charge in [0.2, 0.25) is 5.88 Å². The van der Waals surface area contributed by atoms with Crippen LogP contribution in [0, 0.1) is 5.82 Å². The second-order valence-corrected chi connectivity index (χ2v) is 11.4. The number of sulfone groups is 1. The molecule has 2 N–H and O–H groups in total. The summed E-state index contributed by atoms with van der Waals surface area (Å²) in [6, 6.07) is 2.64. The normalized spacial score (nSPS) is 21.9. The Morgan fingerprint density at radius 3 is 2.48 bits per heavy atom. The molecule has 1 aliphatic rings. The molecule has 166 valence electrons. The Hall–Kier alpha value is -2.40. The van der Waals surface area contributed by atoms with Gasteiger partial charge in [0.05, 0.1) is 25.3 Å². The van der Waals surface area contributed by atoms with Crippen LogP contribution in [0.3, 0.4) is 0 Å². The molecule has 3 rings (SSSR count). The Bertz CT molecular complexity index is 1180. The predicted octanol–water partition coefficient (Wildman–Crippen LogP) is 2.59. The maximum atomic E-state index is 14.9. The Balaban J connectivity index is 2.01. The molecule has 31 heavy (non-hydrogen) atoms. The fourth-order valence-electron chi connectivity index (χ4n) is 3.25. The van der Waals surface area contributed by atoms with E-state index in [1.807, 2.05) is 0 Å². The van der Waals surface area contributed by atoms with Crippen LogP contribution in [0.5, 0.6) is 5.88 Å². The van der Waals surface area contributed by atoms with Crippen LogP contribution in [0.15, 0.2) is 34.0 Å². The molecule has 0 bridgehead atoms. The van der Waals surface area contributed by atoms with Gasteiger partial charge in [-0.1, -0.05) is 15.9 Å². The minimum absolute atomic E-state index is 0.0429. The topological polar surface area (TPSA) is 125 Å². The zero-order valence-electron chi connectivity index (χ0n) is 17.4. The number of rotatable bonds is 5. The minimum Gasteiger partial charge on any atom is -0.480 e. The van der Waals surface area contributed by atoms with Gasteiger partial charge >= 0.3 is 0 Å². The molecule has 0 saturated heterocycles. The number of nitrogens with zero attached hydrogens (tertiary/aromatic N) is 3. The third-order valence-electron chi connectivity index (χ3n) is 5.42. The summed E-state index contributed by atoms with van der Waals surface area (Å²) in [5, 5.41) is 0. The van der Waals surface area contributed by atoms with Gasteiger partial charge in [-0.05, 0) is 38.5 Å². The smallest absolute Gasteiger partial charge is 0.232 e. The van der Waals surface area contributed by atoms with Gasteiger partial charge in [-0.3, -0.25) is 9.79 Å². The van der Waals surface area contributed by atoms with E-state index >= 15 is 0 Å². The highest BCUT2D eigenvalue weighted by atomic mass is 79.9. The Morgan fingerprint density at radius 2 is 1.94 bits per heavy atom. The molecular weight excluding hydrogens is 491 g/mol. The van der Waals surface area contributed by atoms with E-state index < -0.39 is 31.7 Å². The summed E-state index contributed by atoms with van der Waals surface area (Å²) in [7, 11) is -2.27. The summed E-state index contributed by atoms with van der Waals surface area (Å²) in [5.74, 6) is -1.23. The summed E-state index contributed by atoms with van der Waals surface area (Å²) in [6.07, 6.45) is 2.51. The second kappa shape index (κ2) is 7.94. The molecule has 0 unspecified atom stereocenters. The van der Waals surface area contributed by atoms with Gasteiger partial charge < -0.3 is 10.5 Å². The SMILES string of the molecule is COc1cnc(C(=O)Cc2cc([C@]3(C)CS(=O)(=O)C(C)(C)C(N)=N3)c(F)cc2Br)cn1. The molecule has 0 fully saturated rings. The fourth-order valence-corrected chi connectivity index (χ4v) is 5.39. The van der Waals surface area contributed by atoms with Crippen LogP contribution in [0.4, 0.5) is 4.39 Å². The molecule has 2 aromatic rings. The second-order valence-electron chi connectivity index (χ2n) is 8.01. The molecule has 0 amide bonds. The molecule has 0 radical (unpaired) electrons. The number of Topliss-reactive ketones (excluding diaryl/α,β-unsaturated/α-hetero) is 1. The van der Waals surface area contributed by atoms with E-state index in [0.717, 1.165) is 0 Å². The number of carbonyl (C=O) groups is 1. The van der Waals surface area contributed by atoms with Crippen LogP contribution < -0.4 is 10.5 Å². The molecule has 0 spiro atoms. The van der Waals surface area contributed by atoms with E-state index in [2.05, 4.69) is 30.9 Å². The van der Waals surface area contributed by atoms with Crippen molar-refractivity contribution in [3.8, 4) is 5.88 Å². The lowest BCUT2D eigenvalue weighted by Gasteiger charge is -2.38. The van der Waals surface area contributed by atoms with E-state index in [-0.39, 0.29) is 35.2 Å². The number of ether oxygens (including phenoxy) is 1. The summed E-state index contributed by atoms with van der Waals surface area (Å²) < 4.78 is 44.5. The molecule has 0 aliphatic carbocycles. The molecule has 1 aliphatic heterocycles. The van der Waals surface area contributed by atoms with Crippen LogP contribution >= 0.6 is 15.9 Å². The van der Waals surface area contributed by atoms with Gasteiger partial charge in [-0.15, -0.1) is 0 Å². The standard InChI is InChI=1S/C20H22BrFN4O4S/c1-19(2)18(23)26-20(3,10-31(19,28)29)12-5-11(13(21)7-14(12)22)6-16(27)15-8-25-17(30-4)9-24-15/h5,7-9H,6,10H2,1-4H3,(H2,23,26)/t20-/m0/s1. The Labute approximate surface area is 188 Å². The van der Waals surface area contributed by atoms with Gasteiger partial charge in [0.1, 0.15) is 27.6 Å². The maximum Gasteiger partial charge on any atom is 0.232 e. The number of methoxy groups -OCH3 is 1. The highest BCUT2D eigenvalue weighted by molar-refractivity contribution is 9.10. The molecule has 8 nitrogen and oxygen atoms in total. The molecule has 11 heteroatoms. The number of aliphatic imine (C=N–C) groups is 1. The van der Waals surface area contributed by atoms with E-state index in [9.17, 15) is 17.6 Å². The first-order valence-electron chi connectivity index (χ1n) is 9.26. The fraction of sp³-hybridized carbons (Fsp3) is 0.400. The number of halogens is 2. The Morgan fingerprint density at radius 1 is 1.26 bits per heavy atom. The van der Waals surface area contributed by atoms with Gasteiger partial charge in [0, 0.05) is 16.5 Å². The number of carbonyl (C=O) groups excluding carboxylic acids is 1. The predicted molar refractivity (Wildman–Crippen MR) is 118 cm³/mol. The molecule has 2 heterocycles. The van der Waals surface area contributed by atoms with Crippen molar-refractivity contribution in [2.75, 3.05) is 12.9 Å². The number of hydrogen-bond donors (Lipinski definition) is 1. The van der Waals surface area contributed by atoms with Gasteiger partial charge in [-0.2, -0.15) is 0 Å². The first-order chi connectivity index (χ1) is 14.3. The third kappa shape index (κ3) is 4.20. The average Bonchev–Trinajstić information content (AvgIpc) is 2.68. The van der Waals surface area contributed by atoms with Gasteiger partial charge in [-0.25, -0.2) is 22.8 Å². The van der Waals surface area contributed by atoms with E-state index in [0.29, 0.717) is 10.0 Å². The van der Waals surface area contributed by atoms with Crippen molar-refractivity contribution < 1.29 is 22.3 Å². The quantitative estimate of drug-likeness (QED) is 0.610. The molecule has 1 atom stereocenters. The van der Waals surface area contributed by atoms with Crippen LogP contribution in [-0.4, -0.2) is 47.6 Å². The number of ketones is 1. The number of aromatic nitrogens is 2. The van der Waals surface area contributed by atoms with Crippen molar-refractivity contribution in [3.05, 3.63) is 51.6 Å². The summed E-state index contributed by atoms with van der Waals surface area (Å²) in [4.78, 5) is 25.0. The van der Waals surface area contributed by atoms with Gasteiger partial charge in [0.15, 0.2) is 15.6 Å². The van der Waals surface area contributed by atoms with Crippen molar-refractivity contribution in [2.45, 2.75) is 37.5 Å². The zero-order chi connectivity index (χ0) is 23.2. The van der Waals surface area contributed by atoms with Crippen LogP contribution in [0.25, 0.3) is 0 Å². The van der Waals surface area contributed by atoms with E-state index in [1.165, 1.54) is 52.4 Å².